The molecule has 0 saturated heterocycles. The van der Waals surface area contributed by atoms with Gasteiger partial charge in [-0.3, -0.25) is 4.79 Å². The molecule has 4 heteroatoms. The van der Waals surface area contributed by atoms with Gasteiger partial charge in [0.25, 0.3) is 5.91 Å². The first-order valence-corrected chi connectivity index (χ1v) is 6.80. The molecule has 2 rings (SSSR count). The molecular formula is C17H19NO3. The number of hydrogen-bond donors (Lipinski definition) is 2. The first-order chi connectivity index (χ1) is 10.0. The van der Waals surface area contributed by atoms with E-state index < -0.39 is 0 Å². The highest BCUT2D eigenvalue weighted by Crippen LogP contribution is 2.28. The van der Waals surface area contributed by atoms with Crippen molar-refractivity contribution in [2.45, 2.75) is 19.8 Å². The van der Waals surface area contributed by atoms with Crippen molar-refractivity contribution in [3.05, 3.63) is 53.6 Å². The Bertz CT molecular complexity index is 650. The SMILES string of the molecule is COc1ccc(C(=O)Nc2ccccc2C(C)C)cc1O. The number of nitrogens with one attached hydrogen (secondary N) is 1. The number of benzene rings is 2. The Hall–Kier alpha value is -2.49. The predicted octanol–water partition coefficient (Wildman–Crippen LogP) is 3.78. The maximum Gasteiger partial charge on any atom is 0.255 e. The highest BCUT2D eigenvalue weighted by molar-refractivity contribution is 6.05. The van der Waals surface area contributed by atoms with Crippen molar-refractivity contribution in [1.82, 2.24) is 0 Å². The van der Waals surface area contributed by atoms with Crippen molar-refractivity contribution in [3.8, 4) is 11.5 Å². The topological polar surface area (TPSA) is 58.6 Å². The van der Waals surface area contributed by atoms with Gasteiger partial charge >= 0.3 is 0 Å². The van der Waals surface area contributed by atoms with Crippen LogP contribution in [0.3, 0.4) is 0 Å². The smallest absolute Gasteiger partial charge is 0.255 e. The summed E-state index contributed by atoms with van der Waals surface area (Å²) in [5.74, 6) is 0.336. The molecule has 0 saturated carbocycles. The van der Waals surface area contributed by atoms with Crippen LogP contribution in [-0.2, 0) is 0 Å². The fraction of sp³-hybridized carbons (Fsp3) is 0.235. The van der Waals surface area contributed by atoms with Crippen LogP contribution in [0.1, 0.15) is 35.7 Å². The van der Waals surface area contributed by atoms with Crippen molar-refractivity contribution < 1.29 is 14.6 Å². The van der Waals surface area contributed by atoms with E-state index in [1.807, 2.05) is 24.3 Å². The third kappa shape index (κ3) is 3.34. The fourth-order valence-corrected chi connectivity index (χ4v) is 2.14. The van der Waals surface area contributed by atoms with Gasteiger partial charge in [-0.25, -0.2) is 0 Å². The number of aromatic hydroxyl groups is 1. The second-order valence-electron chi connectivity index (χ2n) is 5.08. The number of amides is 1. The van der Waals surface area contributed by atoms with Gasteiger partial charge in [0.05, 0.1) is 7.11 Å². The molecule has 0 unspecified atom stereocenters. The number of carbonyl (C=O) groups excluding carboxylic acids is 1. The summed E-state index contributed by atoms with van der Waals surface area (Å²) in [5, 5.41) is 12.6. The van der Waals surface area contributed by atoms with Gasteiger partial charge < -0.3 is 15.2 Å². The van der Waals surface area contributed by atoms with Crippen LogP contribution in [0.25, 0.3) is 0 Å². The number of carbonyl (C=O) groups is 1. The molecule has 0 heterocycles. The largest absolute Gasteiger partial charge is 0.504 e. The molecule has 21 heavy (non-hydrogen) atoms. The molecule has 2 aromatic rings. The monoisotopic (exact) mass is 285 g/mol. The summed E-state index contributed by atoms with van der Waals surface area (Å²) in [7, 11) is 1.47. The number of hydrogen-bond acceptors (Lipinski definition) is 3. The van der Waals surface area contributed by atoms with E-state index in [2.05, 4.69) is 19.2 Å². The van der Waals surface area contributed by atoms with Gasteiger partial charge in [0.15, 0.2) is 11.5 Å². The van der Waals surface area contributed by atoms with Crippen molar-refractivity contribution in [3.63, 3.8) is 0 Å². The molecular weight excluding hydrogens is 266 g/mol. The van der Waals surface area contributed by atoms with Gasteiger partial charge in [0.1, 0.15) is 0 Å². The minimum atomic E-state index is -0.263. The molecule has 0 bridgehead atoms. The van der Waals surface area contributed by atoms with Crippen LogP contribution < -0.4 is 10.1 Å². The molecule has 0 spiro atoms. The maximum atomic E-state index is 12.3. The Morgan fingerprint density at radius 1 is 1.19 bits per heavy atom. The molecule has 0 aliphatic heterocycles. The summed E-state index contributed by atoms with van der Waals surface area (Å²) in [6.07, 6.45) is 0. The van der Waals surface area contributed by atoms with E-state index in [4.69, 9.17) is 4.74 Å². The predicted molar refractivity (Wildman–Crippen MR) is 83.1 cm³/mol. The molecule has 0 aliphatic carbocycles. The van der Waals surface area contributed by atoms with Crippen molar-refractivity contribution >= 4 is 11.6 Å². The average Bonchev–Trinajstić information content (AvgIpc) is 2.47. The third-order valence-electron chi connectivity index (χ3n) is 3.27. The Kier molecular flexibility index (Phi) is 4.48. The van der Waals surface area contributed by atoms with Crippen LogP contribution >= 0.6 is 0 Å². The molecule has 1 amide bonds. The number of para-hydroxylation sites is 1. The molecule has 0 fully saturated rings. The highest BCUT2D eigenvalue weighted by Gasteiger charge is 2.12. The normalized spacial score (nSPS) is 10.5. The van der Waals surface area contributed by atoms with Crippen LogP contribution in [0.15, 0.2) is 42.5 Å². The first kappa shape index (κ1) is 14.9. The number of phenols is 1. The zero-order valence-corrected chi connectivity index (χ0v) is 12.4. The Labute approximate surface area is 124 Å². The fourth-order valence-electron chi connectivity index (χ4n) is 2.14. The van der Waals surface area contributed by atoms with Gasteiger partial charge in [0.2, 0.25) is 0 Å². The van der Waals surface area contributed by atoms with Crippen molar-refractivity contribution in [2.75, 3.05) is 12.4 Å². The Morgan fingerprint density at radius 2 is 1.90 bits per heavy atom. The number of anilines is 1. The average molecular weight is 285 g/mol. The van der Waals surface area contributed by atoms with Crippen LogP contribution in [0.5, 0.6) is 11.5 Å². The number of ether oxygens (including phenoxy) is 1. The highest BCUT2D eigenvalue weighted by atomic mass is 16.5. The summed E-state index contributed by atoms with van der Waals surface area (Å²) < 4.78 is 4.97. The van der Waals surface area contributed by atoms with E-state index in [0.717, 1.165) is 11.3 Å². The summed E-state index contributed by atoms with van der Waals surface area (Å²) in [6, 6.07) is 12.3. The molecule has 0 atom stereocenters. The van der Waals surface area contributed by atoms with E-state index in [0.29, 0.717) is 17.2 Å². The summed E-state index contributed by atoms with van der Waals surface area (Å²) >= 11 is 0. The van der Waals surface area contributed by atoms with E-state index in [-0.39, 0.29) is 11.7 Å². The van der Waals surface area contributed by atoms with Gasteiger partial charge in [-0.15, -0.1) is 0 Å². The standard InChI is InChI=1S/C17H19NO3/c1-11(2)13-6-4-5-7-14(13)18-17(20)12-8-9-16(21-3)15(19)10-12/h4-11,19H,1-3H3,(H,18,20). The molecule has 2 N–H and O–H groups in total. The van der Waals surface area contributed by atoms with E-state index in [1.54, 1.807) is 12.1 Å². The lowest BCUT2D eigenvalue weighted by molar-refractivity contribution is 0.102. The van der Waals surface area contributed by atoms with Gasteiger partial charge in [-0.2, -0.15) is 0 Å². The molecule has 4 nitrogen and oxygen atoms in total. The van der Waals surface area contributed by atoms with Gasteiger partial charge in [0, 0.05) is 11.3 Å². The molecule has 0 radical (unpaired) electrons. The van der Waals surface area contributed by atoms with Gasteiger partial charge in [-0.1, -0.05) is 32.0 Å². The molecule has 2 aromatic carbocycles. The van der Waals surface area contributed by atoms with Crippen LogP contribution in [0.2, 0.25) is 0 Å². The third-order valence-corrected chi connectivity index (χ3v) is 3.27. The summed E-state index contributed by atoms with van der Waals surface area (Å²) in [4.78, 5) is 12.3. The zero-order chi connectivity index (χ0) is 15.4. The quantitative estimate of drug-likeness (QED) is 0.898. The van der Waals surface area contributed by atoms with Crippen LogP contribution in [-0.4, -0.2) is 18.1 Å². The minimum absolute atomic E-state index is 0.0534. The second kappa shape index (κ2) is 6.31. The summed E-state index contributed by atoms with van der Waals surface area (Å²) in [5.41, 5.74) is 2.24. The number of rotatable bonds is 4. The maximum absolute atomic E-state index is 12.3. The minimum Gasteiger partial charge on any atom is -0.504 e. The second-order valence-corrected chi connectivity index (χ2v) is 5.08. The van der Waals surface area contributed by atoms with Gasteiger partial charge in [-0.05, 0) is 35.7 Å². The van der Waals surface area contributed by atoms with Crippen LogP contribution in [0, 0.1) is 0 Å². The zero-order valence-electron chi connectivity index (χ0n) is 12.4. The van der Waals surface area contributed by atoms with Crippen molar-refractivity contribution in [2.24, 2.45) is 0 Å². The lowest BCUT2D eigenvalue weighted by Gasteiger charge is -2.14. The lowest BCUT2D eigenvalue weighted by atomic mass is 10.0. The lowest BCUT2D eigenvalue weighted by Crippen LogP contribution is -2.13. The van der Waals surface area contributed by atoms with E-state index in [9.17, 15) is 9.90 Å². The first-order valence-electron chi connectivity index (χ1n) is 6.80. The molecule has 0 aromatic heterocycles. The Balaban J connectivity index is 2.24. The number of phenolic OH excluding ortho intramolecular Hbond substituents is 1. The van der Waals surface area contributed by atoms with E-state index in [1.165, 1.54) is 13.2 Å². The van der Waals surface area contributed by atoms with Crippen LogP contribution in [0.4, 0.5) is 5.69 Å². The molecule has 110 valence electrons. The van der Waals surface area contributed by atoms with E-state index >= 15 is 0 Å². The Morgan fingerprint density at radius 3 is 2.52 bits per heavy atom. The summed E-state index contributed by atoms with van der Waals surface area (Å²) in [6.45, 7) is 4.15. The molecule has 0 aliphatic rings. The van der Waals surface area contributed by atoms with Crippen molar-refractivity contribution in [1.29, 1.82) is 0 Å². The number of methoxy groups -OCH3 is 1.